The standard InChI is InChI=1S/C63H86N6O14/c1-14-38(8)52-50(70)34-51(71)83-56(37(6)7)54(72)39(9)57(74)64-46(31-35(2)3)61(78)69-30-18-21-47(69)62(79)68(12)49(33-41-22-28-45(81-13)29-23-41)63(80)82-40(10)53(59(76)65-52)66-58(75)48(32-36(4)5)67(11)60(77)44-26-24-43(25-27-44)55(73)42-19-16-15-17-20-42/h15-17,19-20,22-29,35-40,46-50,52-53,56,70H,14,18,21,30-34H2,1-13H3,(H,64,74)(H,65,76)(H,66,75)/t38-,39-,40+,46-,47-,48+,49-,50-,52+,53-,56-/m0/s1. The van der Waals surface area contributed by atoms with Crippen molar-refractivity contribution in [1.82, 2.24) is 30.7 Å². The zero-order chi connectivity index (χ0) is 61.6. The lowest BCUT2D eigenvalue weighted by Gasteiger charge is -2.36. The van der Waals surface area contributed by atoms with Gasteiger partial charge in [0.05, 0.1) is 31.6 Å². The number of Topliss-reactive ketones (excluding diaryl/α,β-unsaturated/α-hetero) is 1. The summed E-state index contributed by atoms with van der Waals surface area (Å²) in [7, 11) is 4.33. The minimum atomic E-state index is -1.75. The Morgan fingerprint density at radius 1 is 0.795 bits per heavy atom. The van der Waals surface area contributed by atoms with E-state index in [1.807, 2.05) is 27.7 Å². The van der Waals surface area contributed by atoms with Crippen LogP contribution in [0.4, 0.5) is 0 Å². The minimum absolute atomic E-state index is 0.0934. The van der Waals surface area contributed by atoms with Crippen molar-refractivity contribution in [3.8, 4) is 5.75 Å². The van der Waals surface area contributed by atoms with Crippen molar-refractivity contribution in [3.63, 3.8) is 0 Å². The Morgan fingerprint density at radius 3 is 1.99 bits per heavy atom. The van der Waals surface area contributed by atoms with E-state index >= 15 is 9.59 Å². The molecule has 0 saturated carbocycles. The van der Waals surface area contributed by atoms with Crippen molar-refractivity contribution in [1.29, 1.82) is 0 Å². The molecule has 2 aliphatic rings. The first-order valence-corrected chi connectivity index (χ1v) is 28.9. The normalized spacial score (nSPS) is 24.5. The average molecular weight is 1150 g/mol. The number of likely N-dealkylation sites (N-methyl/N-ethyl adjacent to an activating group) is 2. The SMILES string of the molecule is CC[C@H](C)[C@H]1NC(=O)[C@@H](NC(=O)[C@@H](CC(C)C)N(C)C(=O)c2ccc(C(=O)c3ccccc3)cc2)[C@@H](C)OC(=O)[C@H](Cc2ccc(OC)cc2)N(C)C(=O)[C@@H]2CCCN2C(=O)[C@H](CC(C)C)NC(=O)[C@@H](C)C(=O)[C@H](C(C)C)OC(=O)C[C@@H]1O. The third-order valence-corrected chi connectivity index (χ3v) is 15.7. The third kappa shape index (κ3) is 17.3. The van der Waals surface area contributed by atoms with Gasteiger partial charge in [0.2, 0.25) is 29.5 Å². The van der Waals surface area contributed by atoms with E-state index in [9.17, 15) is 43.5 Å². The smallest absolute Gasteiger partial charge is 0.329 e. The molecule has 452 valence electrons. The fourth-order valence-corrected chi connectivity index (χ4v) is 10.5. The summed E-state index contributed by atoms with van der Waals surface area (Å²) < 4.78 is 17.3. The molecule has 0 aliphatic carbocycles. The Labute approximate surface area is 488 Å². The lowest BCUT2D eigenvalue weighted by molar-refractivity contribution is -0.163. The van der Waals surface area contributed by atoms with E-state index in [1.54, 1.807) is 82.3 Å². The number of nitrogens with one attached hydrogen (secondary N) is 3. The van der Waals surface area contributed by atoms with Crippen LogP contribution in [0.5, 0.6) is 5.75 Å². The van der Waals surface area contributed by atoms with Gasteiger partial charge in [0.15, 0.2) is 17.7 Å². The molecule has 0 radical (unpaired) electrons. The summed E-state index contributed by atoms with van der Waals surface area (Å²) in [6.07, 6.45) is -4.30. The van der Waals surface area contributed by atoms with Gasteiger partial charge in [-0.15, -0.1) is 0 Å². The van der Waals surface area contributed by atoms with Crippen LogP contribution in [0.3, 0.4) is 0 Å². The Balaban J connectivity index is 1.60. The lowest BCUT2D eigenvalue weighted by Crippen LogP contribution is -2.61. The molecule has 0 unspecified atom stereocenters. The number of aliphatic hydroxyl groups is 1. The van der Waals surface area contributed by atoms with Crippen LogP contribution in [0.25, 0.3) is 0 Å². The first-order chi connectivity index (χ1) is 39.2. The number of hydrogen-bond donors (Lipinski definition) is 4. The molecule has 20 nitrogen and oxygen atoms in total. The van der Waals surface area contributed by atoms with E-state index in [0.717, 1.165) is 0 Å². The Kier molecular flexibility index (Phi) is 24.1. The maximum Gasteiger partial charge on any atom is 0.329 e. The maximum atomic E-state index is 15.1. The van der Waals surface area contributed by atoms with Crippen LogP contribution in [0.2, 0.25) is 0 Å². The van der Waals surface area contributed by atoms with Gasteiger partial charge in [-0.25, -0.2) is 4.79 Å². The maximum absolute atomic E-state index is 15.1. The number of rotatable bonds is 16. The number of ether oxygens (including phenoxy) is 3. The third-order valence-electron chi connectivity index (χ3n) is 15.7. The number of esters is 2. The van der Waals surface area contributed by atoms with Gasteiger partial charge in [-0.2, -0.15) is 0 Å². The van der Waals surface area contributed by atoms with Gasteiger partial charge in [-0.05, 0) is 93.0 Å². The fraction of sp³-hybridized carbons (Fsp3) is 0.556. The molecule has 2 heterocycles. The number of nitrogens with zero attached hydrogens (tertiary/aromatic N) is 3. The van der Waals surface area contributed by atoms with Gasteiger partial charge in [0, 0.05) is 43.8 Å². The number of ketones is 2. The highest BCUT2D eigenvalue weighted by Crippen LogP contribution is 2.27. The molecule has 20 heteroatoms. The highest BCUT2D eigenvalue weighted by molar-refractivity contribution is 6.09. The summed E-state index contributed by atoms with van der Waals surface area (Å²) >= 11 is 0. The van der Waals surface area contributed by atoms with E-state index in [2.05, 4.69) is 16.0 Å². The zero-order valence-corrected chi connectivity index (χ0v) is 50.3. The first-order valence-electron chi connectivity index (χ1n) is 28.9. The number of carbonyl (C=O) groups excluding carboxylic acids is 10. The number of aliphatic hydroxyl groups excluding tert-OH is 1. The molecule has 2 fully saturated rings. The second-order valence-electron chi connectivity index (χ2n) is 23.3. The van der Waals surface area contributed by atoms with Crippen molar-refractivity contribution in [2.75, 3.05) is 27.7 Å². The predicted molar refractivity (Wildman–Crippen MR) is 309 cm³/mol. The van der Waals surface area contributed by atoms with Crippen molar-refractivity contribution < 1.29 is 67.3 Å². The van der Waals surface area contributed by atoms with Crippen LogP contribution in [0, 0.1) is 29.6 Å². The van der Waals surface area contributed by atoms with Crippen LogP contribution in [-0.2, 0) is 54.3 Å². The minimum Gasteiger partial charge on any atom is -0.497 e. The summed E-state index contributed by atoms with van der Waals surface area (Å²) in [5.74, 6) is -9.78. The molecule has 11 atom stereocenters. The predicted octanol–water partition coefficient (Wildman–Crippen LogP) is 5.49. The van der Waals surface area contributed by atoms with Crippen LogP contribution >= 0.6 is 0 Å². The molecule has 5 rings (SSSR count). The van der Waals surface area contributed by atoms with Crippen LogP contribution in [-0.4, -0.2) is 161 Å². The number of methoxy groups -OCH3 is 1. The average Bonchev–Trinajstić information content (AvgIpc) is 4.24. The second kappa shape index (κ2) is 30.2. The Morgan fingerprint density at radius 2 is 1.41 bits per heavy atom. The van der Waals surface area contributed by atoms with Gasteiger partial charge >= 0.3 is 11.9 Å². The van der Waals surface area contributed by atoms with E-state index in [1.165, 1.54) is 74.0 Å². The number of carbonyl (C=O) groups is 10. The van der Waals surface area contributed by atoms with Crippen molar-refractivity contribution >= 4 is 58.9 Å². The number of amides is 6. The Bertz CT molecular complexity index is 2770. The summed E-state index contributed by atoms with van der Waals surface area (Å²) in [6.45, 7) is 17.0. The molecule has 6 amide bonds. The van der Waals surface area contributed by atoms with E-state index in [0.29, 0.717) is 35.3 Å². The number of cyclic esters (lactones) is 2. The van der Waals surface area contributed by atoms with Gasteiger partial charge in [0.25, 0.3) is 5.91 Å². The van der Waals surface area contributed by atoms with E-state index in [-0.39, 0.29) is 55.4 Å². The monoisotopic (exact) mass is 1150 g/mol. The molecule has 3 aromatic rings. The molecular formula is C63H86N6O14. The first kappa shape index (κ1) is 66.3. The van der Waals surface area contributed by atoms with Crippen molar-refractivity contribution in [2.24, 2.45) is 29.6 Å². The van der Waals surface area contributed by atoms with Gasteiger partial charge in [-0.1, -0.05) is 116 Å². The topological polar surface area (TPSA) is 264 Å². The van der Waals surface area contributed by atoms with Crippen LogP contribution in [0.15, 0.2) is 78.9 Å². The number of fused-ring (bicyclic) bond motifs is 1. The van der Waals surface area contributed by atoms with E-state index < -0.39 is 132 Å². The number of hydrogen-bond acceptors (Lipinski definition) is 14. The zero-order valence-electron chi connectivity index (χ0n) is 50.3. The molecule has 0 aromatic heterocycles. The van der Waals surface area contributed by atoms with Crippen molar-refractivity contribution in [2.45, 2.75) is 169 Å². The second-order valence-corrected chi connectivity index (χ2v) is 23.3. The quantitative estimate of drug-likeness (QED) is 0.0786. The molecule has 83 heavy (non-hydrogen) atoms. The highest BCUT2D eigenvalue weighted by atomic mass is 16.6. The molecule has 3 aromatic carbocycles. The molecule has 4 N–H and O–H groups in total. The van der Waals surface area contributed by atoms with Crippen molar-refractivity contribution in [3.05, 3.63) is 101 Å². The summed E-state index contributed by atoms with van der Waals surface area (Å²) in [6, 6.07) is 13.5. The highest BCUT2D eigenvalue weighted by Gasteiger charge is 2.45. The molecule has 0 spiro atoms. The lowest BCUT2D eigenvalue weighted by atomic mass is 9.91. The van der Waals surface area contributed by atoms with Gasteiger partial charge in [0.1, 0.15) is 42.1 Å². The number of benzene rings is 3. The van der Waals surface area contributed by atoms with E-state index in [4.69, 9.17) is 14.2 Å². The largest absolute Gasteiger partial charge is 0.497 e. The van der Waals surface area contributed by atoms with Gasteiger partial charge < -0.3 is 50.0 Å². The summed E-state index contributed by atoms with van der Waals surface area (Å²) in [5.41, 5.74) is 1.54. The van der Waals surface area contributed by atoms with Crippen LogP contribution in [0.1, 0.15) is 140 Å². The van der Waals surface area contributed by atoms with Crippen LogP contribution < -0.4 is 20.7 Å². The van der Waals surface area contributed by atoms with Gasteiger partial charge in [-0.3, -0.25) is 43.2 Å². The Hall–Kier alpha value is -7.48. The molecule has 0 bridgehead atoms. The molecule has 2 aliphatic heterocycles. The summed E-state index contributed by atoms with van der Waals surface area (Å²) in [5, 5.41) is 20.2. The summed E-state index contributed by atoms with van der Waals surface area (Å²) in [4.78, 5) is 148. The fourth-order valence-electron chi connectivity index (χ4n) is 10.5. The molecule has 2 saturated heterocycles. The molecular weight excluding hydrogens is 1060 g/mol.